The number of hydrogen-bond acceptors (Lipinski definition) is 1. The van der Waals surface area contributed by atoms with Crippen molar-refractivity contribution in [3.05, 3.63) is 33.8 Å². The second-order valence-electron chi connectivity index (χ2n) is 7.10. The molecule has 1 nitrogen and oxygen atoms in total. The van der Waals surface area contributed by atoms with E-state index in [0.29, 0.717) is 16.1 Å². The van der Waals surface area contributed by atoms with Gasteiger partial charge >= 0.3 is 0 Å². The maximum Gasteiger partial charge on any atom is 0.0670 e. The first-order valence-electron chi connectivity index (χ1n) is 8.64. The summed E-state index contributed by atoms with van der Waals surface area (Å²) in [6, 6.07) is 6.16. The smallest absolute Gasteiger partial charge is 0.0670 e. The largest absolute Gasteiger partial charge is 0.381 e. The zero-order valence-corrected chi connectivity index (χ0v) is 14.9. The molecule has 0 N–H and O–H groups in total. The number of ether oxygens (including phenoxy) is 1. The third kappa shape index (κ3) is 3.18. The normalized spacial score (nSPS) is 23.0. The van der Waals surface area contributed by atoms with Gasteiger partial charge in [-0.3, -0.25) is 0 Å². The van der Waals surface area contributed by atoms with Crippen molar-refractivity contribution >= 4 is 23.2 Å². The molecule has 0 heterocycles. The quantitative estimate of drug-likeness (QED) is 0.602. The van der Waals surface area contributed by atoms with E-state index in [2.05, 4.69) is 12.1 Å². The first kappa shape index (κ1) is 16.6. The summed E-state index contributed by atoms with van der Waals surface area (Å²) in [5.41, 5.74) is 1.47. The Hall–Kier alpha value is -0.240. The van der Waals surface area contributed by atoms with Gasteiger partial charge in [0.15, 0.2) is 0 Å². The SMILES string of the molecule is COC(CC1CCCCC1)C1(c2ccc(Cl)c(Cl)c2)CCC1. The molecule has 0 radical (unpaired) electrons. The third-order valence-corrected chi connectivity index (χ3v) is 6.65. The molecule has 122 valence electrons. The molecule has 1 aromatic carbocycles. The molecule has 3 heteroatoms. The van der Waals surface area contributed by atoms with Crippen molar-refractivity contribution in [2.75, 3.05) is 7.11 Å². The molecule has 0 bridgehead atoms. The molecule has 0 aliphatic heterocycles. The molecule has 2 fully saturated rings. The van der Waals surface area contributed by atoms with Crippen LogP contribution >= 0.6 is 23.2 Å². The lowest BCUT2D eigenvalue weighted by Crippen LogP contribution is -2.47. The second-order valence-corrected chi connectivity index (χ2v) is 7.92. The highest BCUT2D eigenvalue weighted by Gasteiger charge is 2.46. The molecular weight excluding hydrogens is 315 g/mol. The number of methoxy groups -OCH3 is 1. The summed E-state index contributed by atoms with van der Waals surface area (Å²) in [5, 5.41) is 1.30. The molecule has 1 aromatic rings. The molecule has 22 heavy (non-hydrogen) atoms. The fourth-order valence-corrected chi connectivity index (χ4v) is 4.73. The van der Waals surface area contributed by atoms with Crippen LogP contribution in [-0.2, 0) is 10.2 Å². The predicted octanol–water partition coefficient (Wildman–Crippen LogP) is 6.40. The Kier molecular flexibility index (Phi) is 5.37. The van der Waals surface area contributed by atoms with Gasteiger partial charge in [-0.1, -0.05) is 67.8 Å². The van der Waals surface area contributed by atoms with E-state index in [1.807, 2.05) is 13.2 Å². The van der Waals surface area contributed by atoms with Crippen molar-refractivity contribution < 1.29 is 4.74 Å². The predicted molar refractivity (Wildman–Crippen MR) is 94.0 cm³/mol. The van der Waals surface area contributed by atoms with E-state index in [1.54, 1.807) is 0 Å². The van der Waals surface area contributed by atoms with Crippen LogP contribution in [0.1, 0.15) is 63.4 Å². The summed E-state index contributed by atoms with van der Waals surface area (Å²) in [4.78, 5) is 0. The number of halogens is 2. The molecule has 0 saturated heterocycles. The number of hydrogen-bond donors (Lipinski definition) is 0. The minimum atomic E-state index is 0.153. The third-order valence-electron chi connectivity index (χ3n) is 5.91. The van der Waals surface area contributed by atoms with Gasteiger partial charge in [0, 0.05) is 12.5 Å². The lowest BCUT2D eigenvalue weighted by molar-refractivity contribution is -0.0258. The Labute approximate surface area is 144 Å². The maximum atomic E-state index is 6.27. The average molecular weight is 341 g/mol. The van der Waals surface area contributed by atoms with E-state index < -0.39 is 0 Å². The lowest BCUT2D eigenvalue weighted by Gasteiger charge is -2.49. The molecule has 2 saturated carbocycles. The minimum absolute atomic E-state index is 0.153. The zero-order valence-electron chi connectivity index (χ0n) is 13.4. The molecule has 0 aromatic heterocycles. The summed E-state index contributed by atoms with van der Waals surface area (Å²) in [7, 11) is 1.88. The van der Waals surface area contributed by atoms with Crippen molar-refractivity contribution in [3.63, 3.8) is 0 Å². The highest BCUT2D eigenvalue weighted by molar-refractivity contribution is 6.42. The van der Waals surface area contributed by atoms with E-state index in [1.165, 1.54) is 63.4 Å². The fourth-order valence-electron chi connectivity index (χ4n) is 4.43. The Balaban J connectivity index is 1.81. The average Bonchev–Trinajstić information content (AvgIpc) is 2.49. The first-order chi connectivity index (χ1) is 10.7. The van der Waals surface area contributed by atoms with Gasteiger partial charge < -0.3 is 4.74 Å². The van der Waals surface area contributed by atoms with Crippen LogP contribution in [0.4, 0.5) is 0 Å². The van der Waals surface area contributed by atoms with Crippen molar-refractivity contribution in [1.82, 2.24) is 0 Å². The van der Waals surface area contributed by atoms with Gasteiger partial charge in [-0.25, -0.2) is 0 Å². The monoisotopic (exact) mass is 340 g/mol. The van der Waals surface area contributed by atoms with Crippen molar-refractivity contribution in [3.8, 4) is 0 Å². The molecule has 1 unspecified atom stereocenters. The summed E-state index contributed by atoms with van der Waals surface area (Å²) in [6.07, 6.45) is 12.1. The van der Waals surface area contributed by atoms with Gasteiger partial charge in [-0.05, 0) is 42.9 Å². The van der Waals surface area contributed by atoms with Crippen LogP contribution in [0.2, 0.25) is 10.0 Å². The number of benzene rings is 1. The van der Waals surface area contributed by atoms with Gasteiger partial charge in [-0.15, -0.1) is 0 Å². The standard InChI is InChI=1S/C19H26Cl2O/c1-22-18(12-14-6-3-2-4-7-14)19(10-5-11-19)15-8-9-16(20)17(21)13-15/h8-9,13-14,18H,2-7,10-12H2,1H3. The molecule has 3 rings (SSSR count). The Morgan fingerprint density at radius 3 is 2.36 bits per heavy atom. The zero-order chi connectivity index (χ0) is 15.6. The second kappa shape index (κ2) is 7.11. The van der Waals surface area contributed by atoms with E-state index in [9.17, 15) is 0 Å². The van der Waals surface area contributed by atoms with E-state index in [4.69, 9.17) is 27.9 Å². The lowest BCUT2D eigenvalue weighted by atomic mass is 9.59. The van der Waals surface area contributed by atoms with Crippen molar-refractivity contribution in [2.24, 2.45) is 5.92 Å². The maximum absolute atomic E-state index is 6.27. The molecule has 2 aliphatic rings. The van der Waals surface area contributed by atoms with Gasteiger partial charge in [0.25, 0.3) is 0 Å². The van der Waals surface area contributed by atoms with Crippen LogP contribution in [0.25, 0.3) is 0 Å². The van der Waals surface area contributed by atoms with Crippen LogP contribution in [-0.4, -0.2) is 13.2 Å². The van der Waals surface area contributed by atoms with Crippen LogP contribution in [0.5, 0.6) is 0 Å². The van der Waals surface area contributed by atoms with E-state index >= 15 is 0 Å². The molecule has 0 amide bonds. The highest BCUT2D eigenvalue weighted by Crippen LogP contribution is 2.50. The van der Waals surface area contributed by atoms with Crippen molar-refractivity contribution in [2.45, 2.75) is 69.3 Å². The van der Waals surface area contributed by atoms with Crippen LogP contribution in [0.3, 0.4) is 0 Å². The Morgan fingerprint density at radius 2 is 1.82 bits per heavy atom. The van der Waals surface area contributed by atoms with Crippen LogP contribution in [0, 0.1) is 5.92 Å². The van der Waals surface area contributed by atoms with Gasteiger partial charge in [-0.2, -0.15) is 0 Å². The minimum Gasteiger partial charge on any atom is -0.381 e. The van der Waals surface area contributed by atoms with Crippen LogP contribution < -0.4 is 0 Å². The van der Waals surface area contributed by atoms with Crippen LogP contribution in [0.15, 0.2) is 18.2 Å². The summed E-state index contributed by atoms with van der Waals surface area (Å²) in [5.74, 6) is 0.832. The molecule has 1 atom stereocenters. The summed E-state index contributed by atoms with van der Waals surface area (Å²) >= 11 is 12.4. The van der Waals surface area contributed by atoms with Crippen molar-refractivity contribution in [1.29, 1.82) is 0 Å². The highest BCUT2D eigenvalue weighted by atomic mass is 35.5. The van der Waals surface area contributed by atoms with Gasteiger partial charge in [0.2, 0.25) is 0 Å². The van der Waals surface area contributed by atoms with Gasteiger partial charge in [0.05, 0.1) is 16.1 Å². The fraction of sp³-hybridized carbons (Fsp3) is 0.684. The molecule has 0 spiro atoms. The molecular formula is C19H26Cl2O. The summed E-state index contributed by atoms with van der Waals surface area (Å²) in [6.45, 7) is 0. The van der Waals surface area contributed by atoms with E-state index in [-0.39, 0.29) is 5.41 Å². The number of rotatable bonds is 5. The molecule has 2 aliphatic carbocycles. The Morgan fingerprint density at radius 1 is 1.09 bits per heavy atom. The Bertz CT molecular complexity index is 504. The first-order valence-corrected chi connectivity index (χ1v) is 9.39. The summed E-state index contributed by atoms with van der Waals surface area (Å²) < 4.78 is 6.01. The van der Waals surface area contributed by atoms with Gasteiger partial charge in [0.1, 0.15) is 0 Å². The van der Waals surface area contributed by atoms with E-state index in [0.717, 1.165) is 5.92 Å². The topological polar surface area (TPSA) is 9.23 Å².